The molecule has 0 saturated heterocycles. The molecule has 0 saturated carbocycles. The number of nitro benzene ring substituents is 1. The molecular weight excluding hydrogens is 334 g/mol. The molecule has 7 nitrogen and oxygen atoms in total. The quantitative estimate of drug-likeness (QED) is 0.677. The first-order chi connectivity index (χ1) is 9.79. The molecule has 0 amide bonds. The van der Waals surface area contributed by atoms with E-state index in [4.69, 9.17) is 21.4 Å². The normalized spacial score (nSPS) is 10.4. The molecule has 1 aromatic heterocycles. The Bertz CT molecular complexity index is 751. The van der Waals surface area contributed by atoms with Crippen LogP contribution in [0.5, 0.6) is 10.9 Å². The Morgan fingerprint density at radius 2 is 2.10 bits per heavy atom. The maximum Gasteiger partial charge on any atom is 0.349 e. The number of hydrogen-bond acceptors (Lipinski definition) is 6. The van der Waals surface area contributed by atoms with Gasteiger partial charge in [0.05, 0.1) is 11.0 Å². The van der Waals surface area contributed by atoms with Gasteiger partial charge in [-0.1, -0.05) is 22.9 Å². The van der Waals surface area contributed by atoms with Crippen LogP contribution >= 0.6 is 22.9 Å². The van der Waals surface area contributed by atoms with E-state index in [0.717, 1.165) is 0 Å². The van der Waals surface area contributed by atoms with E-state index in [0.29, 0.717) is 23.5 Å². The first-order valence-corrected chi connectivity index (χ1v) is 6.20. The monoisotopic (exact) mass is 336 g/mol. The second-order valence-electron chi connectivity index (χ2n) is 3.50. The van der Waals surface area contributed by atoms with Gasteiger partial charge in [0.1, 0.15) is 0 Å². The molecule has 1 aromatic carbocycles. The average Bonchev–Trinajstić information content (AvgIpc) is 2.74. The van der Waals surface area contributed by atoms with Gasteiger partial charge in [-0.2, -0.15) is 9.37 Å². The van der Waals surface area contributed by atoms with Crippen molar-refractivity contribution >= 4 is 34.6 Å². The second kappa shape index (κ2) is 5.58. The molecule has 2 aromatic rings. The predicted molar refractivity (Wildman–Crippen MR) is 67.2 cm³/mol. The summed E-state index contributed by atoms with van der Waals surface area (Å²) >= 11 is 6.03. The van der Waals surface area contributed by atoms with Gasteiger partial charge >= 0.3 is 11.7 Å². The van der Waals surface area contributed by atoms with Crippen molar-refractivity contribution < 1.29 is 28.3 Å². The van der Waals surface area contributed by atoms with Gasteiger partial charge in [0, 0.05) is 6.07 Å². The minimum Gasteiger partial charge on any atom is -0.477 e. The van der Waals surface area contributed by atoms with E-state index >= 15 is 0 Å². The van der Waals surface area contributed by atoms with Gasteiger partial charge in [-0.05, 0) is 0 Å². The number of hydrogen-bond donors (Lipinski definition) is 1. The minimum absolute atomic E-state index is 0.338. The van der Waals surface area contributed by atoms with Crippen LogP contribution in [0.1, 0.15) is 9.67 Å². The van der Waals surface area contributed by atoms with Crippen LogP contribution in [-0.4, -0.2) is 21.0 Å². The zero-order valence-corrected chi connectivity index (χ0v) is 11.2. The number of carbonyl (C=O) groups is 1. The summed E-state index contributed by atoms with van der Waals surface area (Å²) in [7, 11) is 0. The molecule has 0 unspecified atom stereocenters. The molecule has 0 fully saturated rings. The molecular formula is C10H3ClF2N2O5S. The van der Waals surface area contributed by atoms with Crippen molar-refractivity contribution in [1.29, 1.82) is 0 Å². The van der Waals surface area contributed by atoms with E-state index < -0.39 is 34.0 Å². The van der Waals surface area contributed by atoms with Gasteiger partial charge in [-0.15, -0.1) is 0 Å². The van der Waals surface area contributed by atoms with Crippen molar-refractivity contribution in [3.63, 3.8) is 0 Å². The summed E-state index contributed by atoms with van der Waals surface area (Å²) in [5, 5.41) is 18.5. The fourth-order valence-corrected chi connectivity index (χ4v) is 2.27. The fraction of sp³-hybridized carbons (Fsp3) is 0. The van der Waals surface area contributed by atoms with Crippen molar-refractivity contribution in [2.75, 3.05) is 0 Å². The SMILES string of the molecule is O=C(O)c1sc(Oc2cc(F)c([N+](=O)[O-])cc2F)nc1Cl. The maximum atomic E-state index is 13.6. The molecule has 0 aliphatic rings. The Hall–Kier alpha value is -2.33. The van der Waals surface area contributed by atoms with Crippen LogP contribution in [0.15, 0.2) is 12.1 Å². The van der Waals surface area contributed by atoms with Crippen molar-refractivity contribution in [2.45, 2.75) is 0 Å². The topological polar surface area (TPSA) is 103 Å². The van der Waals surface area contributed by atoms with E-state index in [2.05, 4.69) is 4.98 Å². The fourth-order valence-electron chi connectivity index (χ4n) is 1.29. The molecule has 0 radical (unpaired) electrons. The summed E-state index contributed by atoms with van der Waals surface area (Å²) in [6, 6.07) is 0.807. The Kier molecular flexibility index (Phi) is 4.00. The molecule has 0 bridgehead atoms. The second-order valence-corrected chi connectivity index (χ2v) is 4.82. The molecule has 2 rings (SSSR count). The smallest absolute Gasteiger partial charge is 0.349 e. The van der Waals surface area contributed by atoms with Crippen molar-refractivity contribution in [1.82, 2.24) is 4.98 Å². The van der Waals surface area contributed by atoms with Gasteiger partial charge in [0.2, 0.25) is 5.82 Å². The molecule has 11 heteroatoms. The van der Waals surface area contributed by atoms with Gasteiger partial charge in [-0.25, -0.2) is 9.18 Å². The van der Waals surface area contributed by atoms with Crippen LogP contribution in [0.2, 0.25) is 5.15 Å². The van der Waals surface area contributed by atoms with Crippen molar-refractivity contribution in [3.8, 4) is 10.9 Å². The summed E-state index contributed by atoms with van der Waals surface area (Å²) in [5.74, 6) is -4.55. The van der Waals surface area contributed by atoms with Crippen LogP contribution < -0.4 is 4.74 Å². The Morgan fingerprint density at radius 1 is 1.43 bits per heavy atom. The lowest BCUT2D eigenvalue weighted by atomic mass is 10.3. The third-order valence-electron chi connectivity index (χ3n) is 2.16. The lowest BCUT2D eigenvalue weighted by Crippen LogP contribution is -1.96. The number of aromatic carboxylic acids is 1. The highest BCUT2D eigenvalue weighted by Crippen LogP contribution is 2.34. The average molecular weight is 337 g/mol. The zero-order valence-electron chi connectivity index (χ0n) is 9.67. The lowest BCUT2D eigenvalue weighted by molar-refractivity contribution is -0.387. The maximum absolute atomic E-state index is 13.6. The summed E-state index contributed by atoms with van der Waals surface area (Å²) in [5.41, 5.74) is -1.05. The van der Waals surface area contributed by atoms with Crippen LogP contribution in [0.4, 0.5) is 14.5 Å². The number of halogens is 3. The predicted octanol–water partition coefficient (Wildman–Crippen LogP) is 3.47. The Labute approximate surface area is 123 Å². The van der Waals surface area contributed by atoms with Gasteiger partial charge in [0.25, 0.3) is 5.19 Å². The first-order valence-electron chi connectivity index (χ1n) is 5.00. The molecule has 1 N–H and O–H groups in total. The zero-order chi connectivity index (χ0) is 15.7. The van der Waals surface area contributed by atoms with E-state index in [1.807, 2.05) is 0 Å². The first kappa shape index (κ1) is 15.1. The largest absolute Gasteiger partial charge is 0.477 e. The van der Waals surface area contributed by atoms with E-state index in [1.165, 1.54) is 0 Å². The highest BCUT2D eigenvalue weighted by Gasteiger charge is 2.22. The highest BCUT2D eigenvalue weighted by molar-refractivity contribution is 7.15. The van der Waals surface area contributed by atoms with Crippen molar-refractivity contribution in [2.24, 2.45) is 0 Å². The van der Waals surface area contributed by atoms with Crippen molar-refractivity contribution in [3.05, 3.63) is 43.9 Å². The van der Waals surface area contributed by atoms with E-state index in [1.54, 1.807) is 0 Å². The molecule has 110 valence electrons. The number of ether oxygens (including phenoxy) is 1. The number of nitro groups is 1. The standard InChI is InChI=1S/C10H3ClF2N2O5S/c11-8-7(9(16)17)21-10(14-8)20-6-2-3(12)5(15(18)19)1-4(6)13/h1-2H,(H,16,17). The van der Waals surface area contributed by atoms with Gasteiger partial charge in [0.15, 0.2) is 21.6 Å². The van der Waals surface area contributed by atoms with Crippen LogP contribution in [0.3, 0.4) is 0 Å². The number of rotatable bonds is 4. The molecule has 0 aliphatic carbocycles. The van der Waals surface area contributed by atoms with Crippen LogP contribution in [0.25, 0.3) is 0 Å². The summed E-state index contributed by atoms with van der Waals surface area (Å²) < 4.78 is 31.8. The molecule has 0 atom stereocenters. The number of aromatic nitrogens is 1. The van der Waals surface area contributed by atoms with E-state index in [-0.39, 0.29) is 15.2 Å². The molecule has 0 spiro atoms. The third-order valence-corrected chi connectivity index (χ3v) is 3.46. The minimum atomic E-state index is -1.36. The number of benzene rings is 1. The van der Waals surface area contributed by atoms with Crippen LogP contribution in [0, 0.1) is 21.7 Å². The summed E-state index contributed by atoms with van der Waals surface area (Å²) in [6.45, 7) is 0. The van der Waals surface area contributed by atoms with Crippen LogP contribution in [-0.2, 0) is 0 Å². The summed E-state index contributed by atoms with van der Waals surface area (Å²) in [6.07, 6.45) is 0. The highest BCUT2D eigenvalue weighted by atomic mass is 35.5. The molecule has 1 heterocycles. The Balaban J connectivity index is 2.36. The number of thiazole rings is 1. The van der Waals surface area contributed by atoms with Gasteiger partial charge < -0.3 is 9.84 Å². The Morgan fingerprint density at radius 3 is 2.62 bits per heavy atom. The molecule has 21 heavy (non-hydrogen) atoms. The number of carboxylic acid groups (broad SMARTS) is 1. The van der Waals surface area contributed by atoms with Gasteiger partial charge in [-0.3, -0.25) is 10.1 Å². The summed E-state index contributed by atoms with van der Waals surface area (Å²) in [4.78, 5) is 23.3. The lowest BCUT2D eigenvalue weighted by Gasteiger charge is -2.03. The third kappa shape index (κ3) is 3.06. The van der Waals surface area contributed by atoms with E-state index in [9.17, 15) is 23.7 Å². The number of nitrogens with zero attached hydrogens (tertiary/aromatic N) is 2. The number of carboxylic acids is 1. The molecule has 0 aliphatic heterocycles.